The van der Waals surface area contributed by atoms with Gasteiger partial charge in [-0.3, -0.25) is 0 Å². The fraction of sp³-hybridized carbons (Fsp3) is 0.385. The van der Waals surface area contributed by atoms with Crippen LogP contribution in [0.15, 0.2) is 18.2 Å². The van der Waals surface area contributed by atoms with Gasteiger partial charge in [0.15, 0.2) is 5.82 Å². The van der Waals surface area contributed by atoms with Crippen molar-refractivity contribution in [2.24, 2.45) is 0 Å². The van der Waals surface area contributed by atoms with Crippen LogP contribution in [-0.2, 0) is 11.3 Å². The lowest BCUT2D eigenvalue weighted by molar-refractivity contribution is 0.187. The van der Waals surface area contributed by atoms with Crippen LogP contribution in [0.3, 0.4) is 0 Å². The average molecular weight is 246 g/mol. The fourth-order valence-corrected chi connectivity index (χ4v) is 1.82. The first kappa shape index (κ1) is 12.6. The number of aryl methyl sites for hydroxylation is 2. The Balaban J connectivity index is 2.40. The quantitative estimate of drug-likeness (QED) is 0.835. The number of hydrogen-bond acceptors (Lipinski definition) is 4. The van der Waals surface area contributed by atoms with E-state index in [0.717, 1.165) is 35.0 Å². The van der Waals surface area contributed by atoms with E-state index >= 15 is 0 Å². The van der Waals surface area contributed by atoms with E-state index in [-0.39, 0.29) is 0 Å². The Morgan fingerprint density at radius 3 is 2.72 bits per heavy atom. The molecular weight excluding hydrogens is 228 g/mol. The zero-order chi connectivity index (χ0) is 13.1. The molecule has 0 unspecified atom stereocenters. The molecule has 0 saturated carbocycles. The molecule has 5 nitrogen and oxygen atoms in total. The summed E-state index contributed by atoms with van der Waals surface area (Å²) in [6, 6.07) is 5.94. The number of nitrogens with zero attached hydrogens (tertiary/aromatic N) is 3. The molecule has 96 valence electrons. The van der Waals surface area contributed by atoms with Gasteiger partial charge in [0.05, 0.1) is 6.61 Å². The molecule has 0 aliphatic rings. The molecule has 0 saturated heterocycles. The Hall–Kier alpha value is -1.88. The Morgan fingerprint density at radius 1 is 1.28 bits per heavy atom. The lowest BCUT2D eigenvalue weighted by Crippen LogP contribution is -2.08. The summed E-state index contributed by atoms with van der Waals surface area (Å²) in [5.41, 5.74) is 8.75. The van der Waals surface area contributed by atoms with Gasteiger partial charge in [-0.15, -0.1) is 10.2 Å². The van der Waals surface area contributed by atoms with Crippen LogP contribution in [-0.4, -0.2) is 28.5 Å². The fourth-order valence-electron chi connectivity index (χ4n) is 1.82. The number of hydrogen-bond donors (Lipinski definition) is 1. The monoisotopic (exact) mass is 246 g/mol. The highest BCUT2D eigenvalue weighted by atomic mass is 16.5. The highest BCUT2D eigenvalue weighted by Gasteiger charge is 2.11. The summed E-state index contributed by atoms with van der Waals surface area (Å²) >= 11 is 0. The van der Waals surface area contributed by atoms with E-state index in [4.69, 9.17) is 10.5 Å². The Morgan fingerprint density at radius 2 is 2.06 bits per heavy atom. The van der Waals surface area contributed by atoms with Gasteiger partial charge in [-0.05, 0) is 25.5 Å². The van der Waals surface area contributed by atoms with Crippen molar-refractivity contribution in [3.8, 4) is 11.4 Å². The summed E-state index contributed by atoms with van der Waals surface area (Å²) in [6.45, 7) is 5.29. The van der Waals surface area contributed by atoms with Crippen LogP contribution in [0.2, 0.25) is 0 Å². The van der Waals surface area contributed by atoms with Gasteiger partial charge in [0, 0.05) is 24.9 Å². The number of nitrogens with two attached hydrogens (primary N) is 1. The summed E-state index contributed by atoms with van der Waals surface area (Å²) in [6.07, 6.45) is 0. The van der Waals surface area contributed by atoms with Crippen LogP contribution in [0.5, 0.6) is 0 Å². The molecule has 18 heavy (non-hydrogen) atoms. The van der Waals surface area contributed by atoms with Crippen molar-refractivity contribution in [1.29, 1.82) is 0 Å². The third-order valence-electron chi connectivity index (χ3n) is 2.99. The molecule has 0 aliphatic heterocycles. The Labute approximate surface area is 107 Å². The predicted octanol–water partition coefficient (Wildman–Crippen LogP) is 1.79. The maximum atomic E-state index is 5.93. The van der Waals surface area contributed by atoms with Gasteiger partial charge in [-0.2, -0.15) is 0 Å². The highest BCUT2D eigenvalue weighted by Crippen LogP contribution is 2.22. The number of methoxy groups -OCH3 is 1. The molecule has 2 N–H and O–H groups in total. The first-order valence-electron chi connectivity index (χ1n) is 5.88. The maximum absolute atomic E-state index is 5.93. The lowest BCUT2D eigenvalue weighted by atomic mass is 10.1. The average Bonchev–Trinajstić information content (AvgIpc) is 2.72. The number of rotatable bonds is 4. The summed E-state index contributed by atoms with van der Waals surface area (Å²) < 4.78 is 7.14. The molecular formula is C13H18N4O. The third-order valence-corrected chi connectivity index (χ3v) is 2.99. The van der Waals surface area contributed by atoms with Crippen molar-refractivity contribution in [2.45, 2.75) is 20.4 Å². The highest BCUT2D eigenvalue weighted by molar-refractivity contribution is 5.63. The maximum Gasteiger partial charge on any atom is 0.164 e. The Bertz CT molecular complexity index is 548. The van der Waals surface area contributed by atoms with Crippen LogP contribution in [0.1, 0.15) is 11.4 Å². The van der Waals surface area contributed by atoms with Gasteiger partial charge in [0.2, 0.25) is 0 Å². The Kier molecular flexibility index (Phi) is 3.62. The molecule has 0 fully saturated rings. The van der Waals surface area contributed by atoms with E-state index in [1.165, 1.54) is 0 Å². The summed E-state index contributed by atoms with van der Waals surface area (Å²) in [5, 5.41) is 8.33. The minimum atomic E-state index is 0.632. The van der Waals surface area contributed by atoms with Crippen molar-refractivity contribution >= 4 is 5.69 Å². The standard InChI is InChI=1S/C13H18N4O/c1-9-4-5-11(8-12(9)14)13-16-15-10(2)17(13)6-7-18-3/h4-5,8H,6-7,14H2,1-3H3. The second-order valence-electron chi connectivity index (χ2n) is 4.29. The van der Waals surface area contributed by atoms with Crippen molar-refractivity contribution in [2.75, 3.05) is 19.5 Å². The second-order valence-corrected chi connectivity index (χ2v) is 4.29. The van der Waals surface area contributed by atoms with Gasteiger partial charge in [-0.25, -0.2) is 0 Å². The molecule has 2 rings (SSSR count). The lowest BCUT2D eigenvalue weighted by Gasteiger charge is -2.09. The van der Waals surface area contributed by atoms with E-state index in [1.54, 1.807) is 7.11 Å². The number of benzene rings is 1. The van der Waals surface area contributed by atoms with Gasteiger partial charge in [0.25, 0.3) is 0 Å². The van der Waals surface area contributed by atoms with Gasteiger partial charge >= 0.3 is 0 Å². The van der Waals surface area contributed by atoms with Gasteiger partial charge in [0.1, 0.15) is 5.82 Å². The number of anilines is 1. The minimum absolute atomic E-state index is 0.632. The second kappa shape index (κ2) is 5.18. The number of aromatic nitrogens is 3. The summed E-state index contributed by atoms with van der Waals surface area (Å²) in [4.78, 5) is 0. The topological polar surface area (TPSA) is 66.0 Å². The van der Waals surface area contributed by atoms with Crippen LogP contribution >= 0.6 is 0 Å². The van der Waals surface area contributed by atoms with Gasteiger partial charge in [-0.1, -0.05) is 12.1 Å². The molecule has 1 aromatic heterocycles. The molecule has 0 atom stereocenters. The first-order valence-corrected chi connectivity index (χ1v) is 5.88. The molecule has 0 aliphatic carbocycles. The van der Waals surface area contributed by atoms with E-state index in [1.807, 2.05) is 36.6 Å². The largest absolute Gasteiger partial charge is 0.398 e. The summed E-state index contributed by atoms with van der Waals surface area (Å²) in [7, 11) is 1.68. The third kappa shape index (κ3) is 2.36. The molecule has 1 heterocycles. The zero-order valence-corrected chi connectivity index (χ0v) is 11.0. The van der Waals surface area contributed by atoms with Crippen LogP contribution < -0.4 is 5.73 Å². The SMILES string of the molecule is COCCn1c(C)nnc1-c1ccc(C)c(N)c1. The van der Waals surface area contributed by atoms with Crippen molar-refractivity contribution in [1.82, 2.24) is 14.8 Å². The molecule has 2 aromatic rings. The molecule has 0 amide bonds. The van der Waals surface area contributed by atoms with Gasteiger partial charge < -0.3 is 15.0 Å². The van der Waals surface area contributed by atoms with E-state index < -0.39 is 0 Å². The molecule has 0 radical (unpaired) electrons. The minimum Gasteiger partial charge on any atom is -0.398 e. The first-order chi connectivity index (χ1) is 8.63. The molecule has 5 heteroatoms. The summed E-state index contributed by atoms with van der Waals surface area (Å²) in [5.74, 6) is 1.71. The van der Waals surface area contributed by atoms with Crippen molar-refractivity contribution in [3.63, 3.8) is 0 Å². The van der Waals surface area contributed by atoms with Crippen molar-refractivity contribution in [3.05, 3.63) is 29.6 Å². The number of nitrogen functional groups attached to an aromatic ring is 1. The normalized spacial score (nSPS) is 10.8. The van der Waals surface area contributed by atoms with Crippen LogP contribution in [0.25, 0.3) is 11.4 Å². The molecule has 0 spiro atoms. The van der Waals surface area contributed by atoms with Crippen LogP contribution in [0, 0.1) is 13.8 Å². The molecule has 0 bridgehead atoms. The number of ether oxygens (including phenoxy) is 1. The zero-order valence-electron chi connectivity index (χ0n) is 11.0. The molecule has 1 aromatic carbocycles. The van der Waals surface area contributed by atoms with Crippen molar-refractivity contribution < 1.29 is 4.74 Å². The smallest absolute Gasteiger partial charge is 0.164 e. The van der Waals surface area contributed by atoms with Crippen LogP contribution in [0.4, 0.5) is 5.69 Å². The van der Waals surface area contributed by atoms with E-state index in [2.05, 4.69) is 10.2 Å². The predicted molar refractivity (Wildman–Crippen MR) is 71.2 cm³/mol. The van der Waals surface area contributed by atoms with E-state index in [9.17, 15) is 0 Å². The van der Waals surface area contributed by atoms with E-state index in [0.29, 0.717) is 6.61 Å².